The summed E-state index contributed by atoms with van der Waals surface area (Å²) in [5, 5.41) is 13.0. The highest BCUT2D eigenvalue weighted by molar-refractivity contribution is 5.68. The summed E-state index contributed by atoms with van der Waals surface area (Å²) in [7, 11) is 1.93. The van der Waals surface area contributed by atoms with Crippen LogP contribution in [0.25, 0.3) is 0 Å². The van der Waals surface area contributed by atoms with Gasteiger partial charge in [-0.3, -0.25) is 0 Å². The smallest absolute Gasteiger partial charge is 0.410 e. The van der Waals surface area contributed by atoms with Gasteiger partial charge in [-0.2, -0.15) is 0 Å². The van der Waals surface area contributed by atoms with Crippen LogP contribution in [0.4, 0.5) is 4.79 Å². The number of hydrogen-bond acceptors (Lipinski definition) is 4. The molecular formula is C19H30N2O3. The first-order chi connectivity index (χ1) is 11.3. The van der Waals surface area contributed by atoms with Crippen molar-refractivity contribution >= 4 is 6.09 Å². The highest BCUT2D eigenvalue weighted by Gasteiger charge is 2.32. The Morgan fingerprint density at radius 1 is 1.46 bits per heavy atom. The molecule has 0 spiro atoms. The van der Waals surface area contributed by atoms with Gasteiger partial charge in [-0.1, -0.05) is 12.1 Å². The summed E-state index contributed by atoms with van der Waals surface area (Å²) in [4.78, 5) is 14.2. The summed E-state index contributed by atoms with van der Waals surface area (Å²) in [6, 6.07) is 7.44. The summed E-state index contributed by atoms with van der Waals surface area (Å²) in [6.07, 6.45) is 1.82. The van der Waals surface area contributed by atoms with Crippen molar-refractivity contribution in [1.82, 2.24) is 10.2 Å². The minimum Gasteiger partial charge on any atom is -0.508 e. The summed E-state index contributed by atoms with van der Waals surface area (Å²) < 4.78 is 5.52. The maximum absolute atomic E-state index is 12.4. The number of nitrogens with one attached hydrogen (secondary N) is 1. The maximum atomic E-state index is 12.4. The fourth-order valence-electron chi connectivity index (χ4n) is 3.36. The van der Waals surface area contributed by atoms with E-state index in [2.05, 4.69) is 5.32 Å². The normalized spacial score (nSPS) is 19.8. The number of piperidine rings is 1. The lowest BCUT2D eigenvalue weighted by Gasteiger charge is -2.37. The molecule has 0 radical (unpaired) electrons. The number of amides is 1. The van der Waals surface area contributed by atoms with Gasteiger partial charge in [0.2, 0.25) is 0 Å². The topological polar surface area (TPSA) is 61.8 Å². The Hall–Kier alpha value is -1.75. The first-order valence-electron chi connectivity index (χ1n) is 8.71. The molecular weight excluding hydrogens is 304 g/mol. The van der Waals surface area contributed by atoms with E-state index in [1.165, 1.54) is 0 Å². The highest BCUT2D eigenvalue weighted by atomic mass is 16.6. The van der Waals surface area contributed by atoms with Gasteiger partial charge in [0, 0.05) is 25.6 Å². The molecule has 134 valence electrons. The van der Waals surface area contributed by atoms with Crippen LogP contribution in [-0.2, 0) is 4.74 Å². The van der Waals surface area contributed by atoms with Gasteiger partial charge in [0.15, 0.2) is 0 Å². The third-order valence-electron chi connectivity index (χ3n) is 4.40. The monoisotopic (exact) mass is 334 g/mol. The molecule has 0 aromatic heterocycles. The van der Waals surface area contributed by atoms with Crippen molar-refractivity contribution in [2.45, 2.75) is 45.1 Å². The van der Waals surface area contributed by atoms with Crippen molar-refractivity contribution in [1.29, 1.82) is 0 Å². The van der Waals surface area contributed by atoms with Gasteiger partial charge < -0.3 is 20.1 Å². The summed E-state index contributed by atoms with van der Waals surface area (Å²) in [5.74, 6) is 0.890. The Morgan fingerprint density at radius 3 is 2.83 bits per heavy atom. The zero-order chi connectivity index (χ0) is 17.7. The van der Waals surface area contributed by atoms with E-state index in [4.69, 9.17) is 4.74 Å². The van der Waals surface area contributed by atoms with Gasteiger partial charge in [-0.05, 0) is 64.3 Å². The Morgan fingerprint density at radius 2 is 2.21 bits per heavy atom. The lowest BCUT2D eigenvalue weighted by atomic mass is 9.81. The number of likely N-dealkylation sites (tertiary alicyclic amines) is 1. The number of phenolic OH excluding ortho intramolecular Hbond substituents is 1. The molecule has 2 N–H and O–H groups in total. The SMILES string of the molecule is CNCC(c1cccc(O)c1)C1CCCN(C(=O)OC(C)(C)C)C1. The van der Waals surface area contributed by atoms with Crippen LogP contribution in [0.1, 0.15) is 45.1 Å². The highest BCUT2D eigenvalue weighted by Crippen LogP contribution is 2.33. The van der Waals surface area contributed by atoms with Gasteiger partial charge in [0.05, 0.1) is 0 Å². The minimum absolute atomic E-state index is 0.230. The van der Waals surface area contributed by atoms with E-state index < -0.39 is 5.60 Å². The molecule has 1 heterocycles. The fraction of sp³-hybridized carbons (Fsp3) is 0.632. The molecule has 1 aromatic rings. The molecule has 1 aliphatic heterocycles. The number of nitrogens with zero attached hydrogens (tertiary/aromatic N) is 1. The molecule has 24 heavy (non-hydrogen) atoms. The number of hydrogen-bond donors (Lipinski definition) is 2. The molecule has 1 aromatic carbocycles. The molecule has 1 aliphatic rings. The molecule has 2 unspecified atom stereocenters. The molecule has 2 rings (SSSR count). The Labute approximate surface area is 145 Å². The van der Waals surface area contributed by atoms with Gasteiger partial charge in [0.25, 0.3) is 0 Å². The number of carbonyl (C=O) groups excluding carboxylic acids is 1. The molecule has 5 heteroatoms. The van der Waals surface area contributed by atoms with Crippen molar-refractivity contribution in [3.8, 4) is 5.75 Å². The van der Waals surface area contributed by atoms with Crippen LogP contribution >= 0.6 is 0 Å². The van der Waals surface area contributed by atoms with Crippen LogP contribution in [0, 0.1) is 5.92 Å². The summed E-state index contributed by atoms with van der Waals surface area (Å²) in [5.41, 5.74) is 0.639. The number of rotatable bonds is 4. The van der Waals surface area contributed by atoms with Gasteiger partial charge in [0.1, 0.15) is 11.4 Å². The van der Waals surface area contributed by atoms with Gasteiger partial charge >= 0.3 is 6.09 Å². The van der Waals surface area contributed by atoms with E-state index in [-0.39, 0.29) is 17.8 Å². The van der Waals surface area contributed by atoms with Crippen LogP contribution in [-0.4, -0.2) is 48.4 Å². The zero-order valence-corrected chi connectivity index (χ0v) is 15.2. The van der Waals surface area contributed by atoms with E-state index in [1.807, 2.05) is 50.9 Å². The first-order valence-corrected chi connectivity index (χ1v) is 8.71. The standard InChI is InChI=1S/C19H30N2O3/c1-19(2,3)24-18(23)21-10-6-8-15(13-21)17(12-20-4)14-7-5-9-16(22)11-14/h5,7,9,11,15,17,20,22H,6,8,10,12-13H2,1-4H3. The number of benzene rings is 1. The number of phenols is 1. The maximum Gasteiger partial charge on any atom is 0.410 e. The van der Waals surface area contributed by atoms with Crippen LogP contribution in [0.15, 0.2) is 24.3 Å². The van der Waals surface area contributed by atoms with E-state index in [9.17, 15) is 9.90 Å². The molecule has 1 fully saturated rings. The molecule has 5 nitrogen and oxygen atoms in total. The van der Waals surface area contributed by atoms with Crippen LogP contribution in [0.3, 0.4) is 0 Å². The molecule has 2 atom stereocenters. The predicted octanol–water partition coefficient (Wildman–Crippen LogP) is 3.34. The van der Waals surface area contributed by atoms with Crippen molar-refractivity contribution in [3.63, 3.8) is 0 Å². The summed E-state index contributed by atoms with van der Waals surface area (Å²) >= 11 is 0. The number of aromatic hydroxyl groups is 1. The Bertz CT molecular complexity index is 554. The second-order valence-electron chi connectivity index (χ2n) is 7.59. The largest absolute Gasteiger partial charge is 0.508 e. The van der Waals surface area contributed by atoms with E-state index >= 15 is 0 Å². The van der Waals surface area contributed by atoms with Crippen molar-refractivity contribution in [3.05, 3.63) is 29.8 Å². The molecule has 0 saturated carbocycles. The lowest BCUT2D eigenvalue weighted by Crippen LogP contribution is -2.45. The number of carbonyl (C=O) groups is 1. The third-order valence-corrected chi connectivity index (χ3v) is 4.40. The number of likely N-dealkylation sites (N-methyl/N-ethyl adjacent to an activating group) is 1. The number of ether oxygens (including phenoxy) is 1. The second-order valence-corrected chi connectivity index (χ2v) is 7.59. The van der Waals surface area contributed by atoms with Crippen LogP contribution < -0.4 is 5.32 Å². The Balaban J connectivity index is 2.11. The van der Waals surface area contributed by atoms with Gasteiger partial charge in [-0.25, -0.2) is 4.79 Å². The van der Waals surface area contributed by atoms with Crippen molar-refractivity contribution in [2.24, 2.45) is 5.92 Å². The van der Waals surface area contributed by atoms with Crippen LogP contribution in [0.5, 0.6) is 5.75 Å². The van der Waals surface area contributed by atoms with E-state index in [0.29, 0.717) is 12.5 Å². The minimum atomic E-state index is -0.473. The lowest BCUT2D eigenvalue weighted by molar-refractivity contribution is 0.0151. The fourth-order valence-corrected chi connectivity index (χ4v) is 3.36. The van der Waals surface area contributed by atoms with E-state index in [0.717, 1.165) is 31.5 Å². The average Bonchev–Trinajstić information content (AvgIpc) is 2.51. The molecule has 0 bridgehead atoms. The quantitative estimate of drug-likeness (QED) is 0.886. The predicted molar refractivity (Wildman–Crippen MR) is 95.3 cm³/mol. The molecule has 0 aliphatic carbocycles. The second kappa shape index (κ2) is 7.88. The average molecular weight is 334 g/mol. The third kappa shape index (κ3) is 5.13. The van der Waals surface area contributed by atoms with Crippen molar-refractivity contribution in [2.75, 3.05) is 26.7 Å². The molecule has 1 saturated heterocycles. The van der Waals surface area contributed by atoms with E-state index in [1.54, 1.807) is 6.07 Å². The van der Waals surface area contributed by atoms with Gasteiger partial charge in [-0.15, -0.1) is 0 Å². The summed E-state index contributed by atoms with van der Waals surface area (Å²) in [6.45, 7) is 7.93. The zero-order valence-electron chi connectivity index (χ0n) is 15.2. The first kappa shape index (κ1) is 18.6. The Kier molecular flexibility index (Phi) is 6.10. The van der Waals surface area contributed by atoms with Crippen molar-refractivity contribution < 1.29 is 14.6 Å². The molecule has 1 amide bonds. The van der Waals surface area contributed by atoms with Crippen LogP contribution in [0.2, 0.25) is 0 Å².